The van der Waals surface area contributed by atoms with Gasteiger partial charge in [-0.3, -0.25) is 4.79 Å². The van der Waals surface area contributed by atoms with Gasteiger partial charge in [0.25, 0.3) is 0 Å². The van der Waals surface area contributed by atoms with Gasteiger partial charge in [-0.1, -0.05) is 0 Å². The second kappa shape index (κ2) is 6.33. The summed E-state index contributed by atoms with van der Waals surface area (Å²) in [6, 6.07) is 7.86. The Bertz CT molecular complexity index is 375. The third-order valence-corrected chi connectivity index (χ3v) is 4.40. The highest BCUT2D eigenvalue weighted by Crippen LogP contribution is 2.18. The first-order valence-corrected chi connectivity index (χ1v) is 7.93. The van der Waals surface area contributed by atoms with Gasteiger partial charge in [0.15, 0.2) is 0 Å². The Balaban J connectivity index is 1.92. The highest BCUT2D eigenvalue weighted by Gasteiger charge is 2.20. The van der Waals surface area contributed by atoms with E-state index in [0.717, 1.165) is 23.7 Å². The maximum absolute atomic E-state index is 11.9. The largest absolute Gasteiger partial charge is 0.325 e. The Morgan fingerprint density at radius 2 is 2.24 bits per heavy atom. The first-order valence-electron chi connectivity index (χ1n) is 5.55. The van der Waals surface area contributed by atoms with E-state index in [-0.39, 0.29) is 11.9 Å². The van der Waals surface area contributed by atoms with Gasteiger partial charge in [0.1, 0.15) is 0 Å². The smallest absolute Gasteiger partial charge is 0.242 e. The van der Waals surface area contributed by atoms with Crippen LogP contribution >= 0.6 is 23.5 Å². The van der Waals surface area contributed by atoms with Crippen LogP contribution in [0.15, 0.2) is 29.2 Å². The van der Waals surface area contributed by atoms with Crippen LogP contribution in [0.1, 0.15) is 0 Å². The molecule has 92 valence electrons. The van der Waals surface area contributed by atoms with Crippen molar-refractivity contribution in [3.63, 3.8) is 0 Å². The van der Waals surface area contributed by atoms with E-state index in [0.29, 0.717) is 0 Å². The Morgan fingerprint density at radius 1 is 1.47 bits per heavy atom. The van der Waals surface area contributed by atoms with E-state index in [1.807, 2.05) is 42.3 Å². The predicted molar refractivity (Wildman–Crippen MR) is 76.0 cm³/mol. The van der Waals surface area contributed by atoms with Crippen LogP contribution in [0.2, 0.25) is 0 Å². The van der Waals surface area contributed by atoms with E-state index in [1.54, 1.807) is 11.8 Å². The first-order chi connectivity index (χ1) is 8.29. The van der Waals surface area contributed by atoms with Crippen LogP contribution in [0.25, 0.3) is 0 Å². The monoisotopic (exact) mass is 268 g/mol. The fraction of sp³-hybridized carbons (Fsp3) is 0.417. The second-order valence-electron chi connectivity index (χ2n) is 3.80. The van der Waals surface area contributed by atoms with Crippen molar-refractivity contribution in [2.24, 2.45) is 0 Å². The number of thioether (sulfide) groups is 2. The standard InChI is InChI=1S/C12H16N2OS2/c1-16-10-4-2-9(3-5-10)14-12(15)11-8-17-7-6-13-11/h2-5,11,13H,6-8H2,1H3,(H,14,15). The average Bonchev–Trinajstić information content (AvgIpc) is 2.40. The summed E-state index contributed by atoms with van der Waals surface area (Å²) in [5.41, 5.74) is 0.866. The molecular formula is C12H16N2OS2. The molecule has 1 aromatic carbocycles. The molecule has 1 saturated heterocycles. The van der Waals surface area contributed by atoms with Crippen molar-refractivity contribution in [2.45, 2.75) is 10.9 Å². The predicted octanol–water partition coefficient (Wildman–Crippen LogP) is 2.05. The van der Waals surface area contributed by atoms with Crippen LogP contribution in [0.5, 0.6) is 0 Å². The van der Waals surface area contributed by atoms with Crippen molar-refractivity contribution in [1.82, 2.24) is 5.32 Å². The number of carbonyl (C=O) groups excluding carboxylic acids is 1. The fourth-order valence-electron chi connectivity index (χ4n) is 1.64. The molecule has 17 heavy (non-hydrogen) atoms. The van der Waals surface area contributed by atoms with Crippen molar-refractivity contribution in [3.8, 4) is 0 Å². The highest BCUT2D eigenvalue weighted by molar-refractivity contribution is 7.99. The van der Waals surface area contributed by atoms with Gasteiger partial charge in [0.05, 0.1) is 6.04 Å². The summed E-state index contributed by atoms with van der Waals surface area (Å²) in [5.74, 6) is 2.01. The minimum Gasteiger partial charge on any atom is -0.325 e. The molecule has 0 saturated carbocycles. The lowest BCUT2D eigenvalue weighted by Gasteiger charge is -2.22. The summed E-state index contributed by atoms with van der Waals surface area (Å²) < 4.78 is 0. The number of rotatable bonds is 3. The molecule has 1 aliphatic heterocycles. The van der Waals surface area contributed by atoms with Crippen LogP contribution < -0.4 is 10.6 Å². The van der Waals surface area contributed by atoms with Gasteiger partial charge in [0, 0.05) is 28.6 Å². The van der Waals surface area contributed by atoms with E-state index < -0.39 is 0 Å². The molecule has 2 N–H and O–H groups in total. The molecule has 0 aliphatic carbocycles. The summed E-state index contributed by atoms with van der Waals surface area (Å²) in [6.07, 6.45) is 2.04. The zero-order valence-electron chi connectivity index (χ0n) is 9.73. The van der Waals surface area contributed by atoms with Gasteiger partial charge >= 0.3 is 0 Å². The van der Waals surface area contributed by atoms with Crippen LogP contribution in [0.4, 0.5) is 5.69 Å². The maximum Gasteiger partial charge on any atom is 0.242 e. The Labute approximate surface area is 110 Å². The summed E-state index contributed by atoms with van der Waals surface area (Å²) in [4.78, 5) is 13.1. The number of hydrogen-bond donors (Lipinski definition) is 2. The molecule has 0 aromatic heterocycles. The van der Waals surface area contributed by atoms with E-state index >= 15 is 0 Å². The van der Waals surface area contributed by atoms with Gasteiger partial charge in [-0.2, -0.15) is 11.8 Å². The van der Waals surface area contributed by atoms with Gasteiger partial charge in [-0.25, -0.2) is 0 Å². The summed E-state index contributed by atoms with van der Waals surface area (Å²) in [7, 11) is 0. The highest BCUT2D eigenvalue weighted by atomic mass is 32.2. The molecule has 0 radical (unpaired) electrons. The molecule has 2 rings (SSSR count). The van der Waals surface area contributed by atoms with Crippen molar-refractivity contribution in [1.29, 1.82) is 0 Å². The normalized spacial score (nSPS) is 19.9. The molecule has 1 atom stereocenters. The van der Waals surface area contributed by atoms with Crippen LogP contribution in [-0.2, 0) is 4.79 Å². The molecule has 1 amide bonds. The zero-order valence-corrected chi connectivity index (χ0v) is 11.4. The molecular weight excluding hydrogens is 252 g/mol. The number of hydrogen-bond acceptors (Lipinski definition) is 4. The SMILES string of the molecule is CSc1ccc(NC(=O)C2CSCCN2)cc1. The number of amides is 1. The number of carbonyl (C=O) groups is 1. The van der Waals surface area contributed by atoms with Gasteiger partial charge in [-0.15, -0.1) is 11.8 Å². The number of anilines is 1. The molecule has 1 aromatic rings. The number of benzene rings is 1. The lowest BCUT2D eigenvalue weighted by atomic mass is 10.2. The summed E-state index contributed by atoms with van der Waals surface area (Å²) >= 11 is 3.52. The average molecular weight is 268 g/mol. The molecule has 0 spiro atoms. The lowest BCUT2D eigenvalue weighted by molar-refractivity contribution is -0.117. The summed E-state index contributed by atoms with van der Waals surface area (Å²) in [5, 5.41) is 6.16. The first kappa shape index (κ1) is 12.8. The minimum atomic E-state index is -0.0611. The second-order valence-corrected chi connectivity index (χ2v) is 5.83. The summed E-state index contributed by atoms with van der Waals surface area (Å²) in [6.45, 7) is 0.911. The van der Waals surface area contributed by atoms with Crippen molar-refractivity contribution in [2.75, 3.05) is 29.6 Å². The molecule has 1 unspecified atom stereocenters. The third-order valence-electron chi connectivity index (χ3n) is 2.60. The minimum absolute atomic E-state index is 0.0611. The van der Waals surface area contributed by atoms with E-state index in [2.05, 4.69) is 10.6 Å². The topological polar surface area (TPSA) is 41.1 Å². The van der Waals surface area contributed by atoms with E-state index in [4.69, 9.17) is 0 Å². The maximum atomic E-state index is 11.9. The molecule has 1 aliphatic rings. The Kier molecular flexibility index (Phi) is 4.76. The fourth-order valence-corrected chi connectivity index (χ4v) is 2.98. The quantitative estimate of drug-likeness (QED) is 0.823. The van der Waals surface area contributed by atoms with Crippen LogP contribution in [0.3, 0.4) is 0 Å². The van der Waals surface area contributed by atoms with Crippen molar-refractivity contribution in [3.05, 3.63) is 24.3 Å². The molecule has 0 bridgehead atoms. The Hall–Kier alpha value is -0.650. The van der Waals surface area contributed by atoms with Crippen LogP contribution in [-0.4, -0.2) is 36.3 Å². The van der Waals surface area contributed by atoms with Crippen LogP contribution in [0, 0.1) is 0 Å². The molecule has 1 fully saturated rings. The van der Waals surface area contributed by atoms with Crippen molar-refractivity contribution >= 4 is 35.1 Å². The number of nitrogens with one attached hydrogen (secondary N) is 2. The van der Waals surface area contributed by atoms with E-state index in [1.165, 1.54) is 4.90 Å². The van der Waals surface area contributed by atoms with Crippen molar-refractivity contribution < 1.29 is 4.79 Å². The third kappa shape index (κ3) is 3.66. The van der Waals surface area contributed by atoms with Gasteiger partial charge in [-0.05, 0) is 30.5 Å². The Morgan fingerprint density at radius 3 is 2.82 bits per heavy atom. The molecule has 1 heterocycles. The zero-order chi connectivity index (χ0) is 12.1. The molecule has 5 heteroatoms. The van der Waals surface area contributed by atoms with Gasteiger partial charge in [0.2, 0.25) is 5.91 Å². The lowest BCUT2D eigenvalue weighted by Crippen LogP contribution is -2.46. The molecule has 3 nitrogen and oxygen atoms in total. The van der Waals surface area contributed by atoms with Gasteiger partial charge < -0.3 is 10.6 Å². The van der Waals surface area contributed by atoms with E-state index in [9.17, 15) is 4.79 Å².